The molecule has 0 spiro atoms. The first-order valence-corrected chi connectivity index (χ1v) is 8.70. The van der Waals surface area contributed by atoms with Crippen molar-refractivity contribution in [3.8, 4) is 5.69 Å². The Morgan fingerprint density at radius 3 is 2.67 bits per heavy atom. The van der Waals surface area contributed by atoms with Gasteiger partial charge < -0.3 is 14.7 Å². The number of halogens is 1. The van der Waals surface area contributed by atoms with Gasteiger partial charge in [-0.25, -0.2) is 4.39 Å². The molecule has 1 atom stereocenters. The largest absolute Gasteiger partial charge is 0.481 e. The van der Waals surface area contributed by atoms with Crippen molar-refractivity contribution in [2.75, 3.05) is 26.3 Å². The number of amides is 1. The van der Waals surface area contributed by atoms with Crippen LogP contribution in [0.15, 0.2) is 30.5 Å². The van der Waals surface area contributed by atoms with Crippen LogP contribution in [0, 0.1) is 11.7 Å². The van der Waals surface area contributed by atoms with Crippen LogP contribution in [0.4, 0.5) is 4.39 Å². The number of hydrogen-bond donors (Lipinski definition) is 1. The van der Waals surface area contributed by atoms with Crippen molar-refractivity contribution in [2.24, 2.45) is 5.92 Å². The number of nitrogens with zero attached hydrogens (tertiary/aromatic N) is 4. The lowest BCUT2D eigenvalue weighted by atomic mass is 10.1. The summed E-state index contributed by atoms with van der Waals surface area (Å²) in [6, 6.07) is 5.54. The molecular weight excluding hydrogens is 355 g/mol. The number of carboxylic acids is 1. The summed E-state index contributed by atoms with van der Waals surface area (Å²) in [6.45, 7) is 4.88. The maximum atomic E-state index is 13.0. The van der Waals surface area contributed by atoms with Crippen molar-refractivity contribution in [3.63, 3.8) is 0 Å². The molecule has 0 fully saturated rings. The van der Waals surface area contributed by atoms with Gasteiger partial charge in [0.05, 0.1) is 17.8 Å². The monoisotopic (exact) mass is 378 g/mol. The Hall–Kier alpha value is -2.81. The topological polar surface area (TPSA) is 97.5 Å². The van der Waals surface area contributed by atoms with Crippen LogP contribution in [0.25, 0.3) is 5.69 Å². The van der Waals surface area contributed by atoms with Crippen LogP contribution < -0.4 is 0 Å². The van der Waals surface area contributed by atoms with Crippen LogP contribution in [-0.2, 0) is 9.53 Å². The number of aliphatic carboxylic acids is 1. The first kappa shape index (κ1) is 20.5. The van der Waals surface area contributed by atoms with Crippen LogP contribution >= 0.6 is 0 Å². The van der Waals surface area contributed by atoms with Crippen LogP contribution in [0.5, 0.6) is 0 Å². The molecule has 1 unspecified atom stereocenters. The lowest BCUT2D eigenvalue weighted by molar-refractivity contribution is -0.141. The fourth-order valence-corrected chi connectivity index (χ4v) is 2.41. The highest BCUT2D eigenvalue weighted by Gasteiger charge is 2.23. The summed E-state index contributed by atoms with van der Waals surface area (Å²) in [6.07, 6.45) is 1.89. The third-order valence-corrected chi connectivity index (χ3v) is 3.89. The number of hydrogen-bond acceptors (Lipinski definition) is 5. The second-order valence-electron chi connectivity index (χ2n) is 6.04. The lowest BCUT2D eigenvalue weighted by Crippen LogP contribution is -2.38. The van der Waals surface area contributed by atoms with Gasteiger partial charge in [-0.05, 0) is 37.6 Å². The van der Waals surface area contributed by atoms with Gasteiger partial charge in [0, 0.05) is 26.3 Å². The molecule has 1 heterocycles. The molecule has 0 aliphatic carbocycles. The molecule has 1 amide bonds. The van der Waals surface area contributed by atoms with E-state index in [-0.39, 0.29) is 18.1 Å². The normalized spacial score (nSPS) is 12.0. The fourth-order valence-electron chi connectivity index (χ4n) is 2.41. The highest BCUT2D eigenvalue weighted by Crippen LogP contribution is 2.10. The van der Waals surface area contributed by atoms with Crippen LogP contribution in [0.3, 0.4) is 0 Å². The van der Waals surface area contributed by atoms with Gasteiger partial charge in [-0.1, -0.05) is 6.92 Å². The Bertz CT molecular complexity index is 763. The average Bonchev–Trinajstić information content (AvgIpc) is 3.14. The van der Waals surface area contributed by atoms with Crippen molar-refractivity contribution >= 4 is 11.9 Å². The van der Waals surface area contributed by atoms with Crippen LogP contribution in [0.2, 0.25) is 0 Å². The summed E-state index contributed by atoms with van der Waals surface area (Å²) >= 11 is 0. The number of carboxylic acid groups (broad SMARTS) is 1. The van der Waals surface area contributed by atoms with E-state index in [0.29, 0.717) is 31.9 Å². The predicted octanol–water partition coefficient (Wildman–Crippen LogP) is 2.00. The van der Waals surface area contributed by atoms with Crippen molar-refractivity contribution in [2.45, 2.75) is 20.3 Å². The molecule has 0 aliphatic heterocycles. The Labute approximate surface area is 156 Å². The molecule has 0 saturated carbocycles. The van der Waals surface area contributed by atoms with Crippen molar-refractivity contribution < 1.29 is 23.8 Å². The van der Waals surface area contributed by atoms with E-state index in [1.54, 1.807) is 6.92 Å². The third kappa shape index (κ3) is 5.85. The van der Waals surface area contributed by atoms with Gasteiger partial charge in [0.2, 0.25) is 0 Å². The third-order valence-electron chi connectivity index (χ3n) is 3.89. The van der Waals surface area contributed by atoms with E-state index in [0.717, 1.165) is 0 Å². The number of carbonyl (C=O) groups is 2. The zero-order valence-corrected chi connectivity index (χ0v) is 15.3. The minimum Gasteiger partial charge on any atom is -0.481 e. The van der Waals surface area contributed by atoms with Gasteiger partial charge in [-0.2, -0.15) is 9.90 Å². The van der Waals surface area contributed by atoms with Gasteiger partial charge >= 0.3 is 5.97 Å². The van der Waals surface area contributed by atoms with Gasteiger partial charge in [0.1, 0.15) is 5.82 Å². The molecule has 27 heavy (non-hydrogen) atoms. The summed E-state index contributed by atoms with van der Waals surface area (Å²) in [4.78, 5) is 26.6. The summed E-state index contributed by atoms with van der Waals surface area (Å²) in [7, 11) is 0. The Morgan fingerprint density at radius 1 is 1.33 bits per heavy atom. The highest BCUT2D eigenvalue weighted by atomic mass is 19.1. The minimum absolute atomic E-state index is 0.0592. The second kappa shape index (κ2) is 9.77. The molecule has 146 valence electrons. The summed E-state index contributed by atoms with van der Waals surface area (Å²) in [5.74, 6) is -2.49. The summed E-state index contributed by atoms with van der Waals surface area (Å²) < 4.78 is 18.3. The number of benzene rings is 1. The standard InChI is InChI=1S/C18H23FN4O4/c1-3-27-10-4-9-22(12-13(2)18(25)26)17(24)16-11-20-23(21-16)15-7-5-14(19)6-8-15/h5-8,11,13H,3-4,9-10,12H2,1-2H3,(H,25,26). The van der Waals surface area contributed by atoms with Crippen molar-refractivity contribution in [3.05, 3.63) is 42.0 Å². The van der Waals surface area contributed by atoms with E-state index < -0.39 is 17.8 Å². The fraction of sp³-hybridized carbons (Fsp3) is 0.444. The van der Waals surface area contributed by atoms with Gasteiger partial charge in [-0.3, -0.25) is 9.59 Å². The molecule has 2 aromatic rings. The molecule has 0 bridgehead atoms. The molecule has 0 aliphatic rings. The molecule has 1 aromatic heterocycles. The summed E-state index contributed by atoms with van der Waals surface area (Å²) in [5.41, 5.74) is 0.602. The molecule has 0 radical (unpaired) electrons. The second-order valence-corrected chi connectivity index (χ2v) is 6.04. The first-order valence-electron chi connectivity index (χ1n) is 8.70. The van der Waals surface area contributed by atoms with Crippen LogP contribution in [-0.4, -0.2) is 63.2 Å². The van der Waals surface area contributed by atoms with E-state index in [2.05, 4.69) is 10.2 Å². The maximum absolute atomic E-state index is 13.0. The quantitative estimate of drug-likeness (QED) is 0.635. The average molecular weight is 378 g/mol. The number of carbonyl (C=O) groups excluding carboxylic acids is 1. The minimum atomic E-state index is -0.979. The van der Waals surface area contributed by atoms with E-state index >= 15 is 0 Å². The first-order chi connectivity index (χ1) is 12.9. The summed E-state index contributed by atoms with van der Waals surface area (Å²) in [5, 5.41) is 17.3. The number of ether oxygens (including phenoxy) is 1. The number of aromatic nitrogens is 3. The van der Waals surface area contributed by atoms with Gasteiger partial charge in [0.25, 0.3) is 5.91 Å². The molecule has 1 aromatic carbocycles. The molecule has 2 rings (SSSR count). The smallest absolute Gasteiger partial charge is 0.308 e. The Morgan fingerprint density at radius 2 is 2.04 bits per heavy atom. The van der Waals surface area contributed by atoms with E-state index in [4.69, 9.17) is 9.84 Å². The molecule has 9 heteroatoms. The van der Waals surface area contributed by atoms with E-state index in [9.17, 15) is 14.0 Å². The molecule has 1 N–H and O–H groups in total. The molecular formula is C18H23FN4O4. The Kier molecular flexibility index (Phi) is 7.42. The number of rotatable bonds is 10. The van der Waals surface area contributed by atoms with E-state index in [1.165, 1.54) is 40.2 Å². The van der Waals surface area contributed by atoms with E-state index in [1.807, 2.05) is 6.92 Å². The predicted molar refractivity (Wildman–Crippen MR) is 95.1 cm³/mol. The highest BCUT2D eigenvalue weighted by molar-refractivity contribution is 5.92. The zero-order chi connectivity index (χ0) is 19.8. The zero-order valence-electron chi connectivity index (χ0n) is 15.3. The van der Waals surface area contributed by atoms with Crippen molar-refractivity contribution in [1.82, 2.24) is 19.9 Å². The van der Waals surface area contributed by atoms with Gasteiger partial charge in [-0.15, -0.1) is 5.10 Å². The maximum Gasteiger partial charge on any atom is 0.308 e. The van der Waals surface area contributed by atoms with Crippen molar-refractivity contribution in [1.29, 1.82) is 0 Å². The van der Waals surface area contributed by atoms with Gasteiger partial charge in [0.15, 0.2) is 5.69 Å². The lowest BCUT2D eigenvalue weighted by Gasteiger charge is -2.23. The van der Waals surface area contributed by atoms with Crippen LogP contribution in [0.1, 0.15) is 30.8 Å². The molecule has 0 saturated heterocycles. The Balaban J connectivity index is 2.13. The molecule has 8 nitrogen and oxygen atoms in total. The SMILES string of the molecule is CCOCCCN(CC(C)C(=O)O)C(=O)c1cnn(-c2ccc(F)cc2)n1.